The highest BCUT2D eigenvalue weighted by Gasteiger charge is 2.38. The number of fused-ring (bicyclic) bond motifs is 1. The molecule has 0 unspecified atom stereocenters. The largest absolute Gasteiger partial charge is 0.478 e. The topological polar surface area (TPSA) is 84.2 Å². The number of carbonyl (C=O) groups is 2. The lowest BCUT2D eigenvalue weighted by Crippen LogP contribution is -2.17. The minimum Gasteiger partial charge on any atom is -0.478 e. The molecular formula is C21H14ClF4N3O3. The van der Waals surface area contributed by atoms with Crippen LogP contribution in [0, 0.1) is 5.82 Å². The average molecular weight is 468 g/mol. The highest BCUT2D eigenvalue weighted by Crippen LogP contribution is 2.38. The SMILES string of the molecule is O=C(O)c1ccc(-n2nc(C(=O)c3c(Cl)cccc3C(F)(F)F)c3c2NCCC3)c(F)c1. The van der Waals surface area contributed by atoms with Gasteiger partial charge >= 0.3 is 12.1 Å². The van der Waals surface area contributed by atoms with Gasteiger partial charge in [0.15, 0.2) is 0 Å². The lowest BCUT2D eigenvalue weighted by Gasteiger charge is -2.17. The third-order valence-electron chi connectivity index (χ3n) is 5.06. The van der Waals surface area contributed by atoms with E-state index in [1.165, 1.54) is 12.1 Å². The second-order valence-electron chi connectivity index (χ2n) is 7.08. The van der Waals surface area contributed by atoms with Gasteiger partial charge in [0.2, 0.25) is 5.78 Å². The minimum atomic E-state index is -4.82. The van der Waals surface area contributed by atoms with E-state index < -0.39 is 34.9 Å². The highest BCUT2D eigenvalue weighted by atomic mass is 35.5. The number of anilines is 1. The van der Waals surface area contributed by atoms with Crippen molar-refractivity contribution in [3.63, 3.8) is 0 Å². The molecule has 0 spiro atoms. The summed E-state index contributed by atoms with van der Waals surface area (Å²) >= 11 is 5.97. The molecule has 11 heteroatoms. The van der Waals surface area contributed by atoms with Crippen LogP contribution in [0.25, 0.3) is 5.69 Å². The van der Waals surface area contributed by atoms with E-state index >= 15 is 0 Å². The van der Waals surface area contributed by atoms with Gasteiger partial charge in [-0.25, -0.2) is 13.9 Å². The van der Waals surface area contributed by atoms with Crippen LogP contribution in [0.3, 0.4) is 0 Å². The highest BCUT2D eigenvalue weighted by molar-refractivity contribution is 6.35. The van der Waals surface area contributed by atoms with Gasteiger partial charge in [-0.05, 0) is 43.2 Å². The third kappa shape index (κ3) is 3.70. The fraction of sp³-hybridized carbons (Fsp3) is 0.190. The zero-order chi connectivity index (χ0) is 23.2. The van der Waals surface area contributed by atoms with Crippen molar-refractivity contribution in [1.29, 1.82) is 0 Å². The van der Waals surface area contributed by atoms with Crippen LogP contribution >= 0.6 is 11.6 Å². The summed E-state index contributed by atoms with van der Waals surface area (Å²) in [4.78, 5) is 24.3. The molecule has 2 heterocycles. The van der Waals surface area contributed by atoms with Gasteiger partial charge in [0.1, 0.15) is 23.0 Å². The molecule has 1 aliphatic rings. The Bertz CT molecular complexity index is 1250. The van der Waals surface area contributed by atoms with Crippen LogP contribution in [0.4, 0.5) is 23.4 Å². The molecular weight excluding hydrogens is 454 g/mol. The van der Waals surface area contributed by atoms with Crippen LogP contribution in [0.1, 0.15) is 44.0 Å². The quantitative estimate of drug-likeness (QED) is 0.418. The van der Waals surface area contributed by atoms with E-state index in [0.717, 1.165) is 28.9 Å². The molecule has 1 aliphatic heterocycles. The molecule has 0 fully saturated rings. The van der Waals surface area contributed by atoms with Gasteiger partial charge in [0.25, 0.3) is 0 Å². The molecule has 0 saturated heterocycles. The number of nitrogens with one attached hydrogen (secondary N) is 1. The number of aromatic carboxylic acids is 1. The Morgan fingerprint density at radius 2 is 1.94 bits per heavy atom. The number of nitrogens with zero attached hydrogens (tertiary/aromatic N) is 2. The number of rotatable bonds is 4. The number of halogens is 5. The number of hydrogen-bond donors (Lipinski definition) is 2. The molecule has 4 rings (SSSR count). The Balaban J connectivity index is 1.90. The summed E-state index contributed by atoms with van der Waals surface area (Å²) in [5.74, 6) is -3.04. The smallest absolute Gasteiger partial charge is 0.417 e. The standard InChI is InChI=1S/C21H14ClF4N3O3/c22-13-5-1-4-12(21(24,25)26)16(13)18(30)17-11-3-2-8-27-19(11)29(28-17)15-7-6-10(20(31)32)9-14(15)23/h1,4-7,9,27H,2-3,8H2,(H,31,32). The zero-order valence-corrected chi connectivity index (χ0v) is 16.9. The molecule has 32 heavy (non-hydrogen) atoms. The van der Waals surface area contributed by atoms with Crippen LogP contribution in [0.2, 0.25) is 5.02 Å². The van der Waals surface area contributed by atoms with Gasteiger partial charge < -0.3 is 10.4 Å². The van der Waals surface area contributed by atoms with E-state index in [4.69, 9.17) is 16.7 Å². The first kappa shape index (κ1) is 21.8. The molecule has 0 radical (unpaired) electrons. The molecule has 6 nitrogen and oxygen atoms in total. The fourth-order valence-corrected chi connectivity index (χ4v) is 3.88. The lowest BCUT2D eigenvalue weighted by molar-refractivity contribution is -0.137. The van der Waals surface area contributed by atoms with E-state index in [1.54, 1.807) is 0 Å². The van der Waals surface area contributed by atoms with E-state index in [-0.39, 0.29) is 27.8 Å². The molecule has 166 valence electrons. The molecule has 0 bridgehead atoms. The third-order valence-corrected chi connectivity index (χ3v) is 5.38. The van der Waals surface area contributed by atoms with Crippen molar-refractivity contribution >= 4 is 29.2 Å². The second-order valence-corrected chi connectivity index (χ2v) is 7.49. The van der Waals surface area contributed by atoms with Gasteiger partial charge in [0, 0.05) is 12.1 Å². The number of alkyl halides is 3. The normalized spacial score (nSPS) is 13.4. The van der Waals surface area contributed by atoms with Gasteiger partial charge in [0.05, 0.1) is 21.7 Å². The summed E-state index contributed by atoms with van der Waals surface area (Å²) in [6, 6.07) is 6.16. The van der Waals surface area contributed by atoms with Gasteiger partial charge in [-0.2, -0.15) is 18.3 Å². The maximum absolute atomic E-state index is 14.7. The first-order valence-corrected chi connectivity index (χ1v) is 9.76. The molecule has 0 aliphatic carbocycles. The Hall–Kier alpha value is -3.40. The van der Waals surface area contributed by atoms with Crippen LogP contribution in [0.15, 0.2) is 36.4 Å². The van der Waals surface area contributed by atoms with Crippen molar-refractivity contribution < 1.29 is 32.3 Å². The zero-order valence-electron chi connectivity index (χ0n) is 16.1. The van der Waals surface area contributed by atoms with E-state index in [1.807, 2.05) is 0 Å². The molecule has 0 saturated carbocycles. The number of carboxylic acids is 1. The van der Waals surface area contributed by atoms with Crippen LogP contribution in [-0.4, -0.2) is 33.2 Å². The predicted molar refractivity (Wildman–Crippen MR) is 107 cm³/mol. The number of ketones is 1. The number of aromatic nitrogens is 2. The molecule has 0 amide bonds. The monoisotopic (exact) mass is 467 g/mol. The number of carboxylic acid groups (broad SMARTS) is 1. The van der Waals surface area contributed by atoms with Crippen molar-refractivity contribution in [2.24, 2.45) is 0 Å². The number of carbonyl (C=O) groups excluding carboxylic acids is 1. The van der Waals surface area contributed by atoms with Gasteiger partial charge in [-0.3, -0.25) is 4.79 Å². The van der Waals surface area contributed by atoms with Crippen molar-refractivity contribution in [2.45, 2.75) is 19.0 Å². The summed E-state index contributed by atoms with van der Waals surface area (Å²) in [5.41, 5.74) is -2.33. The number of benzene rings is 2. The van der Waals surface area contributed by atoms with E-state index in [9.17, 15) is 27.2 Å². The van der Waals surface area contributed by atoms with E-state index in [0.29, 0.717) is 24.9 Å². The number of hydrogen-bond acceptors (Lipinski definition) is 4. The van der Waals surface area contributed by atoms with Crippen molar-refractivity contribution in [2.75, 3.05) is 11.9 Å². The van der Waals surface area contributed by atoms with Crippen molar-refractivity contribution in [3.8, 4) is 5.69 Å². The van der Waals surface area contributed by atoms with E-state index in [2.05, 4.69) is 10.4 Å². The minimum absolute atomic E-state index is 0.157. The van der Waals surface area contributed by atoms with Gasteiger partial charge in [-0.15, -0.1) is 0 Å². The van der Waals surface area contributed by atoms with Crippen molar-refractivity contribution in [3.05, 3.63) is 75.2 Å². The molecule has 2 N–H and O–H groups in total. The molecule has 1 aromatic heterocycles. The first-order valence-electron chi connectivity index (χ1n) is 9.39. The molecule has 0 atom stereocenters. The molecule has 2 aromatic carbocycles. The van der Waals surface area contributed by atoms with Crippen LogP contribution < -0.4 is 5.32 Å². The summed E-state index contributed by atoms with van der Waals surface area (Å²) in [5, 5.41) is 15.8. The van der Waals surface area contributed by atoms with Crippen LogP contribution in [-0.2, 0) is 12.6 Å². The lowest BCUT2D eigenvalue weighted by atomic mass is 9.96. The molecule has 3 aromatic rings. The Morgan fingerprint density at radius 1 is 1.19 bits per heavy atom. The first-order chi connectivity index (χ1) is 15.1. The van der Waals surface area contributed by atoms with Crippen molar-refractivity contribution in [1.82, 2.24) is 9.78 Å². The summed E-state index contributed by atoms with van der Waals surface area (Å²) in [6.45, 7) is 0.473. The second kappa shape index (κ2) is 7.94. The van der Waals surface area contributed by atoms with Gasteiger partial charge in [-0.1, -0.05) is 17.7 Å². The average Bonchev–Trinajstić information content (AvgIpc) is 3.12. The summed E-state index contributed by atoms with van der Waals surface area (Å²) < 4.78 is 56.3. The predicted octanol–water partition coefficient (Wildman–Crippen LogP) is 4.97. The summed E-state index contributed by atoms with van der Waals surface area (Å²) in [7, 11) is 0. The Kier molecular flexibility index (Phi) is 5.41. The summed E-state index contributed by atoms with van der Waals surface area (Å²) in [6.07, 6.45) is -3.92. The Labute approximate surface area is 183 Å². The maximum atomic E-state index is 14.7. The van der Waals surface area contributed by atoms with Crippen LogP contribution in [0.5, 0.6) is 0 Å². The Morgan fingerprint density at radius 3 is 2.59 bits per heavy atom. The maximum Gasteiger partial charge on any atom is 0.417 e. The fourth-order valence-electron chi connectivity index (χ4n) is 3.62.